The minimum atomic E-state index is -0.579. The molecule has 0 bridgehead atoms. The smallest absolute Gasteiger partial charge is 0.468 e. The molecular formula is C12H14NO2Ru. The molecule has 2 N–H and O–H groups in total. The molecule has 0 saturated carbocycles. The van der Waals surface area contributed by atoms with Crippen molar-refractivity contribution >= 4 is 11.0 Å². The van der Waals surface area contributed by atoms with Crippen molar-refractivity contribution in [3.05, 3.63) is 42.6 Å². The molecule has 1 unspecified atom stereocenters. The van der Waals surface area contributed by atoms with Crippen LogP contribution < -0.4 is 5.32 Å². The summed E-state index contributed by atoms with van der Waals surface area (Å²) in [5.74, 6) is 0. The third kappa shape index (κ3) is 2.91. The first-order valence-corrected chi connectivity index (χ1v) is 5.03. The fourth-order valence-corrected chi connectivity index (χ4v) is 1.49. The van der Waals surface area contributed by atoms with Gasteiger partial charge < -0.3 is 14.8 Å². The fraction of sp³-hybridized carbons (Fsp3) is 0.250. The second kappa shape index (κ2) is 6.14. The summed E-state index contributed by atoms with van der Waals surface area (Å²) in [7, 11) is 0. The van der Waals surface area contributed by atoms with Crippen LogP contribution in [0.1, 0.15) is 18.6 Å². The van der Waals surface area contributed by atoms with Gasteiger partial charge >= 0.3 is 19.5 Å². The third-order valence-electron chi connectivity index (χ3n) is 2.30. The number of furan rings is 1. The molecule has 4 heteroatoms. The van der Waals surface area contributed by atoms with Crippen LogP contribution in [-0.2, 0) is 19.5 Å². The largest absolute Gasteiger partial charge is 1.00 e. The Bertz CT molecular complexity index is 441. The third-order valence-corrected chi connectivity index (χ3v) is 2.30. The Labute approximate surface area is 108 Å². The summed E-state index contributed by atoms with van der Waals surface area (Å²) in [6.45, 7) is 4.48. The van der Waals surface area contributed by atoms with Crippen molar-refractivity contribution in [1.82, 2.24) is 5.32 Å². The topological polar surface area (TPSA) is 45.4 Å². The van der Waals surface area contributed by atoms with Gasteiger partial charge in [0.2, 0.25) is 0 Å². The second-order valence-corrected chi connectivity index (χ2v) is 3.39. The normalized spacial score (nSPS) is 12.4. The molecule has 1 aromatic carbocycles. The van der Waals surface area contributed by atoms with Gasteiger partial charge in [0.05, 0.1) is 6.26 Å². The summed E-state index contributed by atoms with van der Waals surface area (Å²) < 4.78 is 5.23. The molecule has 0 amide bonds. The molecule has 3 nitrogen and oxygen atoms in total. The number of hydrogen-bond donors (Lipinski definition) is 2. The van der Waals surface area contributed by atoms with E-state index in [-0.39, 0.29) is 19.5 Å². The van der Waals surface area contributed by atoms with Crippen LogP contribution in [0.4, 0.5) is 0 Å². The number of benzene rings is 1. The molecule has 2 aromatic rings. The molecule has 1 radical (unpaired) electrons. The molecule has 1 atom stereocenters. The maximum absolute atomic E-state index is 9.80. The number of aliphatic hydroxyl groups is 1. The predicted octanol–water partition coefficient (Wildman–Crippen LogP) is 2.23. The van der Waals surface area contributed by atoms with Gasteiger partial charge in [-0.3, -0.25) is 0 Å². The van der Waals surface area contributed by atoms with Gasteiger partial charge in [-0.15, -0.1) is 0 Å². The van der Waals surface area contributed by atoms with Crippen LogP contribution in [-0.4, -0.2) is 11.7 Å². The molecule has 0 aliphatic carbocycles. The number of fused-ring (bicyclic) bond motifs is 1. The Hall–Kier alpha value is -0.697. The van der Waals surface area contributed by atoms with E-state index in [0.29, 0.717) is 0 Å². The van der Waals surface area contributed by atoms with E-state index in [1.807, 2.05) is 31.2 Å². The van der Waals surface area contributed by atoms with Crippen LogP contribution >= 0.6 is 0 Å². The number of nitrogens with one attached hydrogen (secondary N) is 1. The van der Waals surface area contributed by atoms with E-state index < -0.39 is 6.10 Å². The standard InChI is InChI=1S/C12H14NO2.Ru/c1-2-13-8-11(14)9-3-4-12-10(7-9)5-6-15-12;/h3-8,11,13-14H,2H2,1H3;/q-1;+1. The van der Waals surface area contributed by atoms with Gasteiger partial charge in [0.15, 0.2) is 0 Å². The first-order valence-electron chi connectivity index (χ1n) is 5.03. The van der Waals surface area contributed by atoms with Gasteiger partial charge in [-0.1, -0.05) is 13.0 Å². The van der Waals surface area contributed by atoms with Gasteiger partial charge in [0.25, 0.3) is 0 Å². The molecule has 2 rings (SSSR count). The van der Waals surface area contributed by atoms with Crippen LogP contribution in [0, 0.1) is 6.54 Å². The van der Waals surface area contributed by atoms with Gasteiger partial charge in [-0.05, 0) is 36.4 Å². The fourth-order valence-electron chi connectivity index (χ4n) is 1.49. The molecule has 1 heterocycles. The molecule has 1 aromatic heterocycles. The van der Waals surface area contributed by atoms with Crippen LogP contribution in [0.3, 0.4) is 0 Å². The molecular weight excluding hydrogens is 291 g/mol. The van der Waals surface area contributed by atoms with Crippen molar-refractivity contribution < 1.29 is 29.0 Å². The molecule has 16 heavy (non-hydrogen) atoms. The zero-order valence-electron chi connectivity index (χ0n) is 8.96. The average molecular weight is 305 g/mol. The Kier molecular flexibility index (Phi) is 5.13. The monoisotopic (exact) mass is 306 g/mol. The molecule has 0 aliphatic heterocycles. The SMILES string of the molecule is CCN[CH-]C(O)c1ccc2occc2c1.[Ru+]. The minimum Gasteiger partial charge on any atom is -0.468 e. The Morgan fingerprint density at radius 3 is 3.00 bits per heavy atom. The second-order valence-electron chi connectivity index (χ2n) is 3.39. The summed E-state index contributed by atoms with van der Waals surface area (Å²) in [6.07, 6.45) is 1.07. The molecule has 0 spiro atoms. The quantitative estimate of drug-likeness (QED) is 0.672. The van der Waals surface area contributed by atoms with Gasteiger partial charge in [-0.2, -0.15) is 0 Å². The average Bonchev–Trinajstić information content (AvgIpc) is 2.72. The molecule has 87 valence electrons. The number of likely N-dealkylation sites (N-methyl/N-ethyl adjacent to an activating group) is 1. The summed E-state index contributed by atoms with van der Waals surface area (Å²) in [4.78, 5) is 0. The number of rotatable bonds is 4. The van der Waals surface area contributed by atoms with E-state index in [1.165, 1.54) is 0 Å². The van der Waals surface area contributed by atoms with Crippen molar-refractivity contribution in [2.45, 2.75) is 13.0 Å². The number of hydrogen-bond acceptors (Lipinski definition) is 3. The van der Waals surface area contributed by atoms with E-state index >= 15 is 0 Å². The van der Waals surface area contributed by atoms with Crippen molar-refractivity contribution in [2.75, 3.05) is 6.54 Å². The van der Waals surface area contributed by atoms with E-state index in [2.05, 4.69) is 5.32 Å². The van der Waals surface area contributed by atoms with Gasteiger partial charge in [0, 0.05) is 5.39 Å². The zero-order chi connectivity index (χ0) is 10.7. The van der Waals surface area contributed by atoms with E-state index in [0.717, 1.165) is 23.1 Å². The van der Waals surface area contributed by atoms with Crippen LogP contribution in [0.2, 0.25) is 0 Å². The summed E-state index contributed by atoms with van der Waals surface area (Å²) in [5, 5.41) is 13.8. The Balaban J connectivity index is 0.00000128. The molecule has 0 fully saturated rings. The van der Waals surface area contributed by atoms with Crippen LogP contribution in [0.25, 0.3) is 11.0 Å². The zero-order valence-corrected chi connectivity index (χ0v) is 10.7. The summed E-state index contributed by atoms with van der Waals surface area (Å²) >= 11 is 0. The first kappa shape index (κ1) is 13.4. The van der Waals surface area contributed by atoms with Gasteiger partial charge in [-0.25, -0.2) is 6.54 Å². The molecule has 0 saturated heterocycles. The van der Waals surface area contributed by atoms with E-state index in [9.17, 15) is 5.11 Å². The maximum atomic E-state index is 9.80. The van der Waals surface area contributed by atoms with E-state index in [1.54, 1.807) is 12.8 Å². The first-order chi connectivity index (χ1) is 7.31. The predicted molar refractivity (Wildman–Crippen MR) is 59.2 cm³/mol. The number of aliphatic hydroxyl groups excluding tert-OH is 1. The van der Waals surface area contributed by atoms with E-state index in [4.69, 9.17) is 4.42 Å². The van der Waals surface area contributed by atoms with Crippen LogP contribution in [0.15, 0.2) is 34.9 Å². The van der Waals surface area contributed by atoms with Crippen LogP contribution in [0.5, 0.6) is 0 Å². The Morgan fingerprint density at radius 2 is 2.25 bits per heavy atom. The summed E-state index contributed by atoms with van der Waals surface area (Å²) in [5.41, 5.74) is 1.71. The summed E-state index contributed by atoms with van der Waals surface area (Å²) in [6, 6.07) is 7.55. The van der Waals surface area contributed by atoms with Gasteiger partial charge in [0.1, 0.15) is 5.58 Å². The molecule has 0 aliphatic rings. The van der Waals surface area contributed by atoms with Crippen molar-refractivity contribution in [1.29, 1.82) is 0 Å². The van der Waals surface area contributed by atoms with Crippen molar-refractivity contribution in [3.63, 3.8) is 0 Å². The maximum Gasteiger partial charge on any atom is 1.00 e. The van der Waals surface area contributed by atoms with Crippen molar-refractivity contribution in [2.24, 2.45) is 0 Å². The Morgan fingerprint density at radius 1 is 1.44 bits per heavy atom. The minimum absolute atomic E-state index is 0. The van der Waals surface area contributed by atoms with Crippen molar-refractivity contribution in [3.8, 4) is 0 Å².